The lowest BCUT2D eigenvalue weighted by atomic mass is 10.1. The topological polar surface area (TPSA) is 97.1 Å². The second-order valence-electron chi connectivity index (χ2n) is 5.72. The molecule has 0 spiro atoms. The second-order valence-corrected chi connectivity index (χ2v) is 5.72. The quantitative estimate of drug-likeness (QED) is 0.702. The maximum atomic E-state index is 13.1. The molecule has 0 fully saturated rings. The number of rotatable bonds is 4. The van der Waals surface area contributed by atoms with Crippen molar-refractivity contribution in [2.24, 2.45) is 0 Å². The summed E-state index contributed by atoms with van der Waals surface area (Å²) < 4.78 is 14.4. The average Bonchev–Trinajstić information content (AvgIpc) is 3.09. The van der Waals surface area contributed by atoms with E-state index in [4.69, 9.17) is 0 Å². The normalized spacial score (nSPS) is 10.6. The molecule has 0 saturated heterocycles. The first-order chi connectivity index (χ1) is 12.3. The first-order valence-corrected chi connectivity index (χ1v) is 7.69. The second kappa shape index (κ2) is 6.75. The van der Waals surface area contributed by atoms with Gasteiger partial charge in [-0.15, -0.1) is 5.10 Å². The number of nitrogens with zero attached hydrogens (tertiary/aromatic N) is 3. The van der Waals surface area contributed by atoms with Crippen LogP contribution in [0.3, 0.4) is 0 Å². The van der Waals surface area contributed by atoms with Crippen LogP contribution in [0.4, 0.5) is 10.1 Å². The van der Waals surface area contributed by atoms with Crippen molar-refractivity contribution in [2.75, 3.05) is 5.32 Å². The Morgan fingerprint density at radius 3 is 2.65 bits per heavy atom. The number of hydrogen-bond acceptors (Lipinski definition) is 5. The van der Waals surface area contributed by atoms with Gasteiger partial charge in [0.1, 0.15) is 0 Å². The van der Waals surface area contributed by atoms with E-state index in [0.29, 0.717) is 16.9 Å². The van der Waals surface area contributed by atoms with E-state index in [0.717, 1.165) is 11.6 Å². The fraction of sp³-hybridized carbons (Fsp3) is 0.111. The van der Waals surface area contributed by atoms with E-state index >= 15 is 0 Å². The van der Waals surface area contributed by atoms with Crippen molar-refractivity contribution in [3.05, 3.63) is 65.2 Å². The molecule has 0 radical (unpaired) electrons. The zero-order valence-corrected chi connectivity index (χ0v) is 14.0. The number of ketones is 1. The first-order valence-electron chi connectivity index (χ1n) is 7.69. The summed E-state index contributed by atoms with van der Waals surface area (Å²) in [6.45, 7) is 3.25. The number of aryl methyl sites for hydroxylation is 1. The zero-order chi connectivity index (χ0) is 18.8. The zero-order valence-electron chi connectivity index (χ0n) is 14.0. The number of phenolic OH excluding ortho intramolecular Hbond substituents is 1. The van der Waals surface area contributed by atoms with Crippen molar-refractivity contribution in [3.63, 3.8) is 0 Å². The first kappa shape index (κ1) is 17.3. The molecule has 8 heteroatoms. The van der Waals surface area contributed by atoms with Crippen molar-refractivity contribution in [3.8, 4) is 11.4 Å². The van der Waals surface area contributed by atoms with E-state index < -0.39 is 17.5 Å². The summed E-state index contributed by atoms with van der Waals surface area (Å²) in [4.78, 5) is 23.9. The molecular weight excluding hydrogens is 339 g/mol. The largest absolute Gasteiger partial charge is 0.505 e. The molecule has 0 bridgehead atoms. The van der Waals surface area contributed by atoms with Crippen LogP contribution in [-0.4, -0.2) is 31.8 Å². The van der Waals surface area contributed by atoms with E-state index in [9.17, 15) is 19.1 Å². The van der Waals surface area contributed by atoms with Gasteiger partial charge in [0.25, 0.3) is 5.91 Å². The minimum atomic E-state index is -0.757. The van der Waals surface area contributed by atoms with Crippen LogP contribution in [-0.2, 0) is 0 Å². The van der Waals surface area contributed by atoms with E-state index in [1.807, 2.05) is 0 Å². The number of phenols is 1. The van der Waals surface area contributed by atoms with Crippen LogP contribution in [0, 0.1) is 12.7 Å². The molecule has 3 aromatic rings. The monoisotopic (exact) mass is 354 g/mol. The number of Topliss-reactive ketones (excluding diaryl/α,β-unsaturated/α-hetero) is 1. The maximum absolute atomic E-state index is 13.1. The summed E-state index contributed by atoms with van der Waals surface area (Å²) in [5, 5.41) is 19.7. The highest BCUT2D eigenvalue weighted by Gasteiger charge is 2.14. The molecule has 0 unspecified atom stereocenters. The van der Waals surface area contributed by atoms with Crippen molar-refractivity contribution in [2.45, 2.75) is 13.8 Å². The number of hydrogen-bond donors (Lipinski definition) is 2. The highest BCUT2D eigenvalue weighted by molar-refractivity contribution is 6.04. The number of carbonyl (C=O) groups is 2. The Balaban J connectivity index is 1.83. The number of halogens is 1. The Bertz CT molecular complexity index is 1010. The van der Waals surface area contributed by atoms with Gasteiger partial charge in [0, 0.05) is 17.3 Å². The standard InChI is InChI=1S/C18H15FN4O3/c1-10-3-4-12(11(2)24)7-15(10)20-18(26)16-9-23(22-21-16)13-5-6-14(19)17(25)8-13/h3-9,25H,1-2H3,(H,20,26). The summed E-state index contributed by atoms with van der Waals surface area (Å²) in [6, 6.07) is 8.67. The Kier molecular flexibility index (Phi) is 4.49. The number of benzene rings is 2. The van der Waals surface area contributed by atoms with Crippen molar-refractivity contribution in [1.29, 1.82) is 0 Å². The van der Waals surface area contributed by atoms with E-state index in [1.165, 1.54) is 29.9 Å². The van der Waals surface area contributed by atoms with Gasteiger partial charge >= 0.3 is 0 Å². The summed E-state index contributed by atoms with van der Waals surface area (Å²) in [5.74, 6) is -1.90. The van der Waals surface area contributed by atoms with Crippen LogP contribution in [0.15, 0.2) is 42.6 Å². The molecule has 1 aromatic heterocycles. The fourth-order valence-electron chi connectivity index (χ4n) is 2.30. The molecular formula is C18H15FN4O3. The lowest BCUT2D eigenvalue weighted by Gasteiger charge is -2.08. The number of anilines is 1. The molecule has 0 saturated carbocycles. The lowest BCUT2D eigenvalue weighted by Crippen LogP contribution is -2.13. The Hall–Kier alpha value is -3.55. The smallest absolute Gasteiger partial charge is 0.277 e. The molecule has 0 aliphatic heterocycles. The Morgan fingerprint density at radius 2 is 1.96 bits per heavy atom. The molecule has 3 rings (SSSR count). The summed E-state index contributed by atoms with van der Waals surface area (Å²) >= 11 is 0. The third-order valence-electron chi connectivity index (χ3n) is 3.81. The number of nitrogens with one attached hydrogen (secondary N) is 1. The van der Waals surface area contributed by atoms with Crippen LogP contribution in [0.1, 0.15) is 33.3 Å². The molecule has 26 heavy (non-hydrogen) atoms. The highest BCUT2D eigenvalue weighted by Crippen LogP contribution is 2.20. The van der Waals surface area contributed by atoms with Crippen LogP contribution in [0.25, 0.3) is 5.69 Å². The molecule has 0 atom stereocenters. The van der Waals surface area contributed by atoms with Crippen LogP contribution in [0.5, 0.6) is 5.75 Å². The summed E-state index contributed by atoms with van der Waals surface area (Å²) in [6.07, 6.45) is 1.35. The van der Waals surface area contributed by atoms with Crippen LogP contribution < -0.4 is 5.32 Å². The van der Waals surface area contributed by atoms with Crippen molar-refractivity contribution >= 4 is 17.4 Å². The van der Waals surface area contributed by atoms with Gasteiger partial charge in [-0.2, -0.15) is 0 Å². The SMILES string of the molecule is CC(=O)c1ccc(C)c(NC(=O)c2cn(-c3ccc(F)c(O)c3)nn2)c1. The van der Waals surface area contributed by atoms with Crippen LogP contribution in [0.2, 0.25) is 0 Å². The average molecular weight is 354 g/mol. The number of carbonyl (C=O) groups excluding carboxylic acids is 2. The van der Waals surface area contributed by atoms with E-state index in [-0.39, 0.29) is 11.5 Å². The predicted molar refractivity (Wildman–Crippen MR) is 92.1 cm³/mol. The minimum Gasteiger partial charge on any atom is -0.505 e. The Morgan fingerprint density at radius 1 is 1.19 bits per heavy atom. The van der Waals surface area contributed by atoms with Gasteiger partial charge in [0.2, 0.25) is 0 Å². The van der Waals surface area contributed by atoms with Crippen molar-refractivity contribution in [1.82, 2.24) is 15.0 Å². The van der Waals surface area contributed by atoms with Gasteiger partial charge in [0.05, 0.1) is 11.9 Å². The highest BCUT2D eigenvalue weighted by atomic mass is 19.1. The van der Waals surface area contributed by atoms with Gasteiger partial charge < -0.3 is 10.4 Å². The lowest BCUT2D eigenvalue weighted by molar-refractivity contribution is 0.100. The maximum Gasteiger partial charge on any atom is 0.277 e. The number of aromatic nitrogens is 3. The van der Waals surface area contributed by atoms with E-state index in [2.05, 4.69) is 15.6 Å². The third kappa shape index (κ3) is 3.44. The van der Waals surface area contributed by atoms with Gasteiger partial charge in [-0.1, -0.05) is 17.3 Å². The molecule has 1 amide bonds. The molecule has 2 N–H and O–H groups in total. The molecule has 0 aliphatic rings. The third-order valence-corrected chi connectivity index (χ3v) is 3.81. The van der Waals surface area contributed by atoms with Gasteiger partial charge in [-0.3, -0.25) is 9.59 Å². The van der Waals surface area contributed by atoms with Crippen molar-refractivity contribution < 1.29 is 19.1 Å². The predicted octanol–water partition coefficient (Wildman–Crippen LogP) is 2.88. The summed E-state index contributed by atoms with van der Waals surface area (Å²) in [5.41, 5.74) is 2.15. The van der Waals surface area contributed by atoms with Gasteiger partial charge in [-0.05, 0) is 37.6 Å². The number of aromatic hydroxyl groups is 1. The summed E-state index contributed by atoms with van der Waals surface area (Å²) in [7, 11) is 0. The van der Waals surface area contributed by atoms with Gasteiger partial charge in [0.15, 0.2) is 23.0 Å². The van der Waals surface area contributed by atoms with E-state index in [1.54, 1.807) is 25.1 Å². The minimum absolute atomic E-state index is 0.0291. The van der Waals surface area contributed by atoms with Gasteiger partial charge in [-0.25, -0.2) is 9.07 Å². The fourth-order valence-corrected chi connectivity index (χ4v) is 2.30. The van der Waals surface area contributed by atoms with Crippen LogP contribution >= 0.6 is 0 Å². The molecule has 2 aromatic carbocycles. The molecule has 1 heterocycles. The molecule has 0 aliphatic carbocycles. The molecule has 7 nitrogen and oxygen atoms in total. The molecule has 132 valence electrons. The Labute approximate surface area is 148 Å². The number of amides is 1.